The van der Waals surface area contributed by atoms with E-state index in [1.54, 1.807) is 0 Å². The van der Waals surface area contributed by atoms with Crippen LogP contribution in [0.4, 0.5) is 0 Å². The molecule has 0 aliphatic rings. The first-order valence-corrected chi connectivity index (χ1v) is 11.4. The van der Waals surface area contributed by atoms with Crippen LogP contribution >= 0.6 is 22.9 Å². The van der Waals surface area contributed by atoms with E-state index < -0.39 is 0 Å². The van der Waals surface area contributed by atoms with Crippen LogP contribution in [-0.4, -0.2) is 22.1 Å². The van der Waals surface area contributed by atoms with Gasteiger partial charge in [-0.05, 0) is 67.6 Å². The molecule has 1 atom stereocenters. The molecule has 1 amide bonds. The summed E-state index contributed by atoms with van der Waals surface area (Å²) >= 11 is 7.69. The number of ether oxygens (including phenoxy) is 1. The minimum atomic E-state index is -0.248. The summed E-state index contributed by atoms with van der Waals surface area (Å²) in [5.74, 6) is 1.51. The van der Waals surface area contributed by atoms with E-state index in [0.717, 1.165) is 38.8 Å². The Morgan fingerprint density at radius 2 is 1.94 bits per heavy atom. The fourth-order valence-corrected chi connectivity index (χ4v) is 4.38. The van der Waals surface area contributed by atoms with E-state index in [0.29, 0.717) is 18.0 Å². The number of aryl methyl sites for hydroxylation is 2. The van der Waals surface area contributed by atoms with Crippen molar-refractivity contribution in [3.8, 4) is 5.75 Å². The lowest BCUT2D eigenvalue weighted by molar-refractivity contribution is 0.0941. The van der Waals surface area contributed by atoms with Gasteiger partial charge in [-0.15, -0.1) is 11.3 Å². The molecule has 1 N–H and O–H groups in total. The molecule has 7 heteroatoms. The molecule has 31 heavy (non-hydrogen) atoms. The number of benzene rings is 2. The quantitative estimate of drug-likeness (QED) is 0.377. The van der Waals surface area contributed by atoms with E-state index >= 15 is 0 Å². The van der Waals surface area contributed by atoms with Crippen LogP contribution in [0.15, 0.2) is 53.9 Å². The van der Waals surface area contributed by atoms with Crippen LogP contribution < -0.4 is 10.1 Å². The molecule has 0 saturated heterocycles. The molecule has 5 nitrogen and oxygen atoms in total. The second kappa shape index (κ2) is 9.12. The molecule has 4 rings (SSSR count). The van der Waals surface area contributed by atoms with Crippen molar-refractivity contribution in [2.75, 3.05) is 6.61 Å². The van der Waals surface area contributed by atoms with Gasteiger partial charge >= 0.3 is 0 Å². The molecule has 0 spiro atoms. The fourth-order valence-electron chi connectivity index (χ4n) is 3.64. The van der Waals surface area contributed by atoms with Crippen LogP contribution in [-0.2, 0) is 6.54 Å². The average Bonchev–Trinajstić information content (AvgIpc) is 3.40. The number of hydrogen-bond acceptors (Lipinski definition) is 4. The molecular weight excluding hydrogens is 430 g/mol. The van der Waals surface area contributed by atoms with E-state index in [9.17, 15) is 4.79 Å². The molecule has 1 unspecified atom stereocenters. The lowest BCUT2D eigenvalue weighted by Crippen LogP contribution is -2.28. The first kappa shape index (κ1) is 21.4. The number of nitrogens with one attached hydrogen (secondary N) is 1. The Hall–Kier alpha value is -2.83. The summed E-state index contributed by atoms with van der Waals surface area (Å²) in [6, 6.07) is 15.3. The molecule has 160 valence electrons. The highest BCUT2D eigenvalue weighted by Gasteiger charge is 2.19. The molecule has 0 radical (unpaired) electrons. The molecule has 0 bridgehead atoms. The average molecular weight is 454 g/mol. The Labute approximate surface area is 190 Å². The minimum Gasteiger partial charge on any atom is -0.492 e. The number of rotatable bonds is 7. The van der Waals surface area contributed by atoms with Gasteiger partial charge in [0.1, 0.15) is 18.2 Å². The van der Waals surface area contributed by atoms with Gasteiger partial charge in [0.2, 0.25) is 0 Å². The summed E-state index contributed by atoms with van der Waals surface area (Å²) < 4.78 is 8.14. The van der Waals surface area contributed by atoms with Gasteiger partial charge in [0.25, 0.3) is 5.91 Å². The largest absolute Gasteiger partial charge is 0.492 e. The normalized spacial score (nSPS) is 12.1. The van der Waals surface area contributed by atoms with Gasteiger partial charge in [-0.2, -0.15) is 0 Å². The highest BCUT2D eigenvalue weighted by Crippen LogP contribution is 2.26. The van der Waals surface area contributed by atoms with Crippen molar-refractivity contribution >= 4 is 39.9 Å². The monoisotopic (exact) mass is 453 g/mol. The van der Waals surface area contributed by atoms with Gasteiger partial charge in [-0.3, -0.25) is 4.79 Å². The van der Waals surface area contributed by atoms with E-state index in [4.69, 9.17) is 21.3 Å². The summed E-state index contributed by atoms with van der Waals surface area (Å²) in [5, 5.41) is 5.73. The topological polar surface area (TPSA) is 56.1 Å². The van der Waals surface area contributed by atoms with Crippen LogP contribution in [0, 0.1) is 13.8 Å². The Morgan fingerprint density at radius 1 is 1.19 bits per heavy atom. The van der Waals surface area contributed by atoms with Crippen molar-refractivity contribution in [2.45, 2.75) is 33.4 Å². The standard InChI is InChI=1S/C24H24ClN3O2S/c1-15-13-18(14-16(2)22(15)25)30-11-10-28-20-8-5-4-7-19(20)27-23(28)17(3)26-24(29)21-9-6-12-31-21/h4-9,12-14,17H,10-11H2,1-3H3,(H,26,29). The summed E-state index contributed by atoms with van der Waals surface area (Å²) in [6.07, 6.45) is 0. The Bertz CT molecular complexity index is 1190. The van der Waals surface area contributed by atoms with E-state index in [-0.39, 0.29) is 11.9 Å². The minimum absolute atomic E-state index is 0.0931. The Kier molecular flexibility index (Phi) is 6.30. The molecule has 4 aromatic rings. The lowest BCUT2D eigenvalue weighted by atomic mass is 10.1. The molecule has 0 fully saturated rings. The molecule has 0 aliphatic heterocycles. The molecule has 0 aliphatic carbocycles. The number of imidazole rings is 1. The summed E-state index contributed by atoms with van der Waals surface area (Å²) in [7, 11) is 0. The first-order valence-electron chi connectivity index (χ1n) is 10.1. The van der Waals surface area contributed by atoms with Gasteiger partial charge in [-0.1, -0.05) is 29.8 Å². The van der Waals surface area contributed by atoms with Crippen LogP contribution in [0.1, 0.15) is 39.6 Å². The number of amides is 1. The SMILES string of the molecule is Cc1cc(OCCn2c(C(C)NC(=O)c3cccs3)nc3ccccc32)cc(C)c1Cl. The first-order chi connectivity index (χ1) is 14.9. The van der Waals surface area contributed by atoms with Crippen molar-refractivity contribution in [3.63, 3.8) is 0 Å². The number of carbonyl (C=O) groups is 1. The maximum atomic E-state index is 12.5. The highest BCUT2D eigenvalue weighted by molar-refractivity contribution is 7.12. The van der Waals surface area contributed by atoms with E-state index in [1.165, 1.54) is 11.3 Å². The van der Waals surface area contributed by atoms with E-state index in [2.05, 4.69) is 9.88 Å². The summed E-state index contributed by atoms with van der Waals surface area (Å²) in [6.45, 7) is 6.98. The number of para-hydroxylation sites is 2. The smallest absolute Gasteiger partial charge is 0.261 e. The number of nitrogens with zero attached hydrogens (tertiary/aromatic N) is 2. The van der Waals surface area contributed by atoms with Crippen molar-refractivity contribution in [3.05, 3.63) is 80.8 Å². The van der Waals surface area contributed by atoms with Crippen LogP contribution in [0.2, 0.25) is 5.02 Å². The molecule has 2 aromatic carbocycles. The summed E-state index contributed by atoms with van der Waals surface area (Å²) in [5.41, 5.74) is 3.90. The predicted octanol–water partition coefficient (Wildman–Crippen LogP) is 5.94. The van der Waals surface area contributed by atoms with Crippen LogP contribution in [0.3, 0.4) is 0 Å². The van der Waals surface area contributed by atoms with Gasteiger partial charge < -0.3 is 14.6 Å². The van der Waals surface area contributed by atoms with Gasteiger partial charge in [0, 0.05) is 5.02 Å². The molecule has 2 heterocycles. The van der Waals surface area contributed by atoms with Gasteiger partial charge in [0.05, 0.1) is 28.5 Å². The number of hydrogen-bond donors (Lipinski definition) is 1. The number of thiophene rings is 1. The predicted molar refractivity (Wildman–Crippen MR) is 126 cm³/mol. The zero-order chi connectivity index (χ0) is 22.0. The van der Waals surface area contributed by atoms with Crippen molar-refractivity contribution in [1.29, 1.82) is 0 Å². The molecule has 2 aromatic heterocycles. The zero-order valence-corrected chi connectivity index (χ0v) is 19.3. The number of aromatic nitrogens is 2. The van der Waals surface area contributed by atoms with Gasteiger partial charge in [-0.25, -0.2) is 4.98 Å². The molecular formula is C24H24ClN3O2S. The van der Waals surface area contributed by atoms with Crippen LogP contribution in [0.25, 0.3) is 11.0 Å². The highest BCUT2D eigenvalue weighted by atomic mass is 35.5. The van der Waals surface area contributed by atoms with Crippen LogP contribution in [0.5, 0.6) is 5.75 Å². The summed E-state index contributed by atoms with van der Waals surface area (Å²) in [4.78, 5) is 18.0. The second-order valence-corrected chi connectivity index (χ2v) is 8.83. The maximum Gasteiger partial charge on any atom is 0.261 e. The fraction of sp³-hybridized carbons (Fsp3) is 0.250. The van der Waals surface area contributed by atoms with Gasteiger partial charge in [0.15, 0.2) is 0 Å². The van der Waals surface area contributed by atoms with Crippen molar-refractivity contribution in [2.24, 2.45) is 0 Å². The van der Waals surface area contributed by atoms with E-state index in [1.807, 2.05) is 74.7 Å². The van der Waals surface area contributed by atoms with Crippen molar-refractivity contribution < 1.29 is 9.53 Å². The third-order valence-electron chi connectivity index (χ3n) is 5.16. The maximum absolute atomic E-state index is 12.5. The number of halogens is 1. The Morgan fingerprint density at radius 3 is 2.65 bits per heavy atom. The zero-order valence-electron chi connectivity index (χ0n) is 17.7. The number of fused-ring (bicyclic) bond motifs is 1. The third-order valence-corrected chi connectivity index (χ3v) is 6.62. The van der Waals surface area contributed by atoms with Crippen molar-refractivity contribution in [1.82, 2.24) is 14.9 Å². The second-order valence-electron chi connectivity index (χ2n) is 7.50. The Balaban J connectivity index is 1.54. The lowest BCUT2D eigenvalue weighted by Gasteiger charge is -2.17. The molecule has 0 saturated carbocycles. The number of carbonyl (C=O) groups excluding carboxylic acids is 1. The third kappa shape index (κ3) is 4.60.